The van der Waals surface area contributed by atoms with Crippen LogP contribution in [0.2, 0.25) is 0 Å². The van der Waals surface area contributed by atoms with Crippen molar-refractivity contribution in [3.8, 4) is 0 Å². The molecule has 0 radical (unpaired) electrons. The minimum atomic E-state index is -4.40. The molecule has 1 aliphatic rings. The number of aliphatic hydroxyl groups is 3. The van der Waals surface area contributed by atoms with Gasteiger partial charge < -0.3 is 0 Å². The second-order valence-corrected chi connectivity index (χ2v) is 7.32. The monoisotopic (exact) mass is 460 g/mol. The average molecular weight is 461 g/mol. The Balaban J connectivity index is 2.80. The first-order valence-corrected chi connectivity index (χ1v) is 9.07. The predicted molar refractivity (Wildman–Crippen MR) is 65.5 cm³/mol. The van der Waals surface area contributed by atoms with Crippen LogP contribution in [0.4, 0.5) is 0 Å². The van der Waals surface area contributed by atoms with Gasteiger partial charge in [0.15, 0.2) is 0 Å². The molecule has 0 amide bonds. The van der Waals surface area contributed by atoms with Gasteiger partial charge in [-0.1, -0.05) is 0 Å². The van der Waals surface area contributed by atoms with Crippen molar-refractivity contribution in [2.45, 2.75) is 30.7 Å². The van der Waals surface area contributed by atoms with Crippen LogP contribution in [0.5, 0.6) is 0 Å². The third kappa shape index (κ3) is 5.02. The van der Waals surface area contributed by atoms with Gasteiger partial charge in [-0.3, -0.25) is 0 Å². The predicted octanol–water partition coefficient (Wildman–Crippen LogP) is -3.98. The molecule has 1 rings (SSSR count). The van der Waals surface area contributed by atoms with E-state index < -0.39 is 82.0 Å². The third-order valence-corrected chi connectivity index (χ3v) is 5.53. The van der Waals surface area contributed by atoms with Crippen molar-refractivity contribution in [3.63, 3.8) is 0 Å². The average Bonchev–Trinajstić information content (AvgIpc) is 2.43. The Kier molecular flexibility index (Phi) is 6.49. The van der Waals surface area contributed by atoms with E-state index in [2.05, 4.69) is 9.05 Å². The van der Waals surface area contributed by atoms with E-state index >= 15 is 0 Å². The molecule has 1 fully saturated rings. The number of rotatable bonds is 5. The van der Waals surface area contributed by atoms with Crippen LogP contribution in [-0.2, 0) is 33.0 Å². The van der Waals surface area contributed by atoms with Gasteiger partial charge >= 0.3 is 141 Å². The van der Waals surface area contributed by atoms with Gasteiger partial charge in [0.2, 0.25) is 0 Å². The number of carboxylic acids is 2. The van der Waals surface area contributed by atoms with Gasteiger partial charge in [0.1, 0.15) is 0 Å². The summed E-state index contributed by atoms with van der Waals surface area (Å²) in [4.78, 5) is 55.7. The van der Waals surface area contributed by atoms with Crippen LogP contribution >= 0.6 is 0 Å². The van der Waals surface area contributed by atoms with Crippen molar-refractivity contribution < 1.29 is 58.6 Å². The Morgan fingerprint density at radius 3 is 1.88 bits per heavy atom. The molecule has 0 aromatic rings. The molecule has 0 aromatic heterocycles. The Morgan fingerprint density at radius 2 is 1.50 bits per heavy atom. The van der Waals surface area contributed by atoms with Crippen LogP contribution < -0.4 is 0 Å². The molecule has 134 valence electrons. The van der Waals surface area contributed by atoms with Crippen LogP contribution in [0.1, 0.15) is 12.8 Å². The van der Waals surface area contributed by atoms with Crippen molar-refractivity contribution in [3.05, 3.63) is 0 Å². The van der Waals surface area contributed by atoms with Crippen LogP contribution in [-0.4, -0.2) is 94.7 Å². The van der Waals surface area contributed by atoms with Gasteiger partial charge in [-0.15, -0.1) is 0 Å². The van der Waals surface area contributed by atoms with Crippen molar-refractivity contribution >= 4 is 51.3 Å². The summed E-state index contributed by atoms with van der Waals surface area (Å²) in [5.41, 5.74) is -2.76. The molecule has 14 heteroatoms. The van der Waals surface area contributed by atoms with E-state index in [1.807, 2.05) is 0 Å². The molecule has 0 bridgehead atoms. The van der Waals surface area contributed by atoms with Crippen molar-refractivity contribution in [1.82, 2.24) is 0 Å². The van der Waals surface area contributed by atoms with Crippen molar-refractivity contribution in [1.29, 1.82) is 0 Å². The van der Waals surface area contributed by atoms with E-state index in [-0.39, 0.29) is 0 Å². The first-order valence-electron chi connectivity index (χ1n) is 5.94. The van der Waals surface area contributed by atoms with Gasteiger partial charge in [0.25, 0.3) is 0 Å². The fourth-order valence-corrected chi connectivity index (χ4v) is 3.73. The topological polar surface area (TPSA) is 214 Å². The summed E-state index contributed by atoms with van der Waals surface area (Å²) >= 11 is -4.40. The van der Waals surface area contributed by atoms with E-state index in [1.54, 1.807) is 0 Å². The summed E-state index contributed by atoms with van der Waals surface area (Å²) in [6.45, 7) is 0. The van der Waals surface area contributed by atoms with Crippen LogP contribution in [0.25, 0.3) is 0 Å². The van der Waals surface area contributed by atoms with E-state index in [1.165, 1.54) is 0 Å². The van der Waals surface area contributed by atoms with E-state index in [0.29, 0.717) is 0 Å². The number of aliphatic carboxylic acids is 2. The zero-order chi connectivity index (χ0) is 18.7. The van der Waals surface area contributed by atoms with Gasteiger partial charge in [0, 0.05) is 0 Å². The number of hydrogen-bond acceptors (Lipinski definition) is 11. The molecule has 13 nitrogen and oxygen atoms in total. The fraction of sp³-hybridized carbons (Fsp3) is 0.500. The van der Waals surface area contributed by atoms with Crippen LogP contribution in [0, 0.1) is 0 Å². The summed E-state index contributed by atoms with van der Waals surface area (Å²) in [5, 5.41) is 45.1. The molecule has 0 aromatic carbocycles. The van der Waals surface area contributed by atoms with Gasteiger partial charge in [-0.25, -0.2) is 0 Å². The van der Waals surface area contributed by atoms with Gasteiger partial charge in [0.05, 0.1) is 0 Å². The zero-order valence-electron chi connectivity index (χ0n) is 11.5. The molecule has 0 aliphatic carbocycles. The normalized spacial score (nSPS) is 20.6. The zero-order valence-corrected chi connectivity index (χ0v) is 14.1. The Hall–Kier alpha value is -1.95. The molecule has 0 spiro atoms. The summed E-state index contributed by atoms with van der Waals surface area (Å²) in [6.07, 6.45) is -7.33. The molecule has 0 saturated carbocycles. The molecule has 24 heavy (non-hydrogen) atoms. The number of aliphatic hydroxyl groups excluding tert-OH is 2. The number of carboxylic acid groups (broad SMARTS) is 2. The second kappa shape index (κ2) is 7.75. The number of carbonyl (C=O) groups excluding carboxylic acids is 3. The summed E-state index contributed by atoms with van der Waals surface area (Å²) in [6, 6.07) is 0. The summed E-state index contributed by atoms with van der Waals surface area (Å²) in [7, 11) is 0. The molecule has 1 aliphatic heterocycles. The number of hydrogen-bond donors (Lipinski definition) is 5. The quantitative estimate of drug-likeness (QED) is 0.247. The third-order valence-electron chi connectivity index (χ3n) is 2.58. The van der Waals surface area contributed by atoms with E-state index in [4.69, 9.17) is 15.3 Å². The van der Waals surface area contributed by atoms with E-state index in [0.717, 1.165) is 0 Å². The SMILES string of the molecule is O=C1CC(O)(C(=O)O)CC(=O)[O][Sb]([O]C(=O)C(O)C(O)C(=O)O)[O]1. The Bertz CT molecular complexity index is 551. The Morgan fingerprint density at radius 1 is 1.04 bits per heavy atom. The van der Waals surface area contributed by atoms with Crippen molar-refractivity contribution in [2.75, 3.05) is 0 Å². The van der Waals surface area contributed by atoms with Crippen LogP contribution in [0.15, 0.2) is 0 Å². The van der Waals surface area contributed by atoms with Crippen LogP contribution in [0.3, 0.4) is 0 Å². The molecule has 2 atom stereocenters. The fourth-order valence-electron chi connectivity index (χ4n) is 1.37. The second-order valence-electron chi connectivity index (χ2n) is 4.48. The molecule has 1 saturated heterocycles. The van der Waals surface area contributed by atoms with Gasteiger partial charge in [-0.05, 0) is 0 Å². The first-order chi connectivity index (χ1) is 11.0. The van der Waals surface area contributed by atoms with Gasteiger partial charge in [-0.2, -0.15) is 0 Å². The molecule has 2 unspecified atom stereocenters. The number of carbonyl (C=O) groups is 5. The van der Waals surface area contributed by atoms with E-state index in [9.17, 15) is 34.2 Å². The maximum absolute atomic E-state index is 11.5. The van der Waals surface area contributed by atoms with Crippen molar-refractivity contribution in [2.24, 2.45) is 0 Å². The molecular weight excluding hydrogens is 450 g/mol. The standard InChI is InChI=1S/C6H8O7.C4H6O6.Sb/c7-3(8)1-6(13,5(11)12)2-4(9)10;5-1(3(7)8)2(6)4(9)10;/h13H,1-2H2,(H,7,8)(H,9,10)(H,11,12);1-2,5-6H,(H,7,8)(H,9,10);/q;;+3/p-3. The summed E-state index contributed by atoms with van der Waals surface area (Å²) < 4.78 is 13.3. The molecule has 1 heterocycles. The Labute approximate surface area is 141 Å². The molecule has 5 N–H and O–H groups in total. The summed E-state index contributed by atoms with van der Waals surface area (Å²) in [5.74, 6) is -8.24. The maximum atomic E-state index is 11.5. The molecular formula is C10H11O13Sb. The first kappa shape index (κ1) is 20.1. The minimum absolute atomic E-state index is 1.13.